The number of hydrogen-bond donors (Lipinski definition) is 2. The Kier molecular flexibility index (Phi) is 3.52. The van der Waals surface area contributed by atoms with Crippen LogP contribution in [0, 0.1) is 11.3 Å². The summed E-state index contributed by atoms with van der Waals surface area (Å²) in [6.45, 7) is 1.94. The highest BCUT2D eigenvalue weighted by molar-refractivity contribution is 7.13. The van der Waals surface area contributed by atoms with E-state index in [1.165, 1.54) is 11.3 Å². The van der Waals surface area contributed by atoms with Crippen LogP contribution in [0.1, 0.15) is 33.8 Å². The van der Waals surface area contributed by atoms with Crippen LogP contribution in [0.5, 0.6) is 0 Å². The lowest BCUT2D eigenvalue weighted by atomic mass is 9.93. The second-order valence-corrected chi connectivity index (χ2v) is 6.69. The maximum absolute atomic E-state index is 12.1. The van der Waals surface area contributed by atoms with Crippen molar-refractivity contribution in [3.63, 3.8) is 0 Å². The molecular weight excluding hydrogens is 278 g/mol. The van der Waals surface area contributed by atoms with Gasteiger partial charge < -0.3 is 15.2 Å². The first-order valence-corrected chi connectivity index (χ1v) is 7.60. The number of thiophene rings is 1. The summed E-state index contributed by atoms with van der Waals surface area (Å²) >= 11 is 1.21. The zero-order chi connectivity index (χ0) is 14.2. The lowest BCUT2D eigenvalue weighted by molar-refractivity contribution is -0.123. The van der Waals surface area contributed by atoms with Gasteiger partial charge in [0.05, 0.1) is 6.54 Å². The first-order valence-electron chi connectivity index (χ1n) is 6.78. The van der Waals surface area contributed by atoms with Crippen molar-refractivity contribution in [3.8, 4) is 0 Å². The van der Waals surface area contributed by atoms with Crippen molar-refractivity contribution in [2.75, 3.05) is 13.2 Å². The number of ether oxygens (including phenoxy) is 1. The third-order valence-corrected chi connectivity index (χ3v) is 5.38. The highest BCUT2D eigenvalue weighted by Crippen LogP contribution is 2.59. The molecule has 1 unspecified atom stereocenters. The SMILES string of the molecule is O=C(O)c1ccc(CNC(=O)C2CC23CCOCC3)s1. The Bertz CT molecular complexity index is 533. The minimum atomic E-state index is -0.920. The van der Waals surface area contributed by atoms with Gasteiger partial charge in [-0.05, 0) is 36.8 Å². The minimum absolute atomic E-state index is 0.0946. The molecule has 6 heteroatoms. The molecule has 1 aromatic heterocycles. The molecule has 1 amide bonds. The second kappa shape index (κ2) is 5.18. The van der Waals surface area contributed by atoms with E-state index in [1.54, 1.807) is 12.1 Å². The number of aromatic carboxylic acids is 1. The van der Waals surface area contributed by atoms with Crippen LogP contribution in [0.2, 0.25) is 0 Å². The van der Waals surface area contributed by atoms with E-state index in [1.807, 2.05) is 0 Å². The molecule has 1 aliphatic carbocycles. The van der Waals surface area contributed by atoms with Crippen LogP contribution in [0.4, 0.5) is 0 Å². The molecule has 2 heterocycles. The number of rotatable bonds is 4. The number of carboxylic acid groups (broad SMARTS) is 1. The lowest BCUT2D eigenvalue weighted by Gasteiger charge is -2.22. The fraction of sp³-hybridized carbons (Fsp3) is 0.571. The normalized spacial score (nSPS) is 23.5. The zero-order valence-corrected chi connectivity index (χ0v) is 11.9. The fourth-order valence-corrected chi connectivity index (χ4v) is 3.72. The van der Waals surface area contributed by atoms with Crippen LogP contribution in [0.25, 0.3) is 0 Å². The van der Waals surface area contributed by atoms with Crippen molar-refractivity contribution in [2.45, 2.75) is 25.8 Å². The maximum atomic E-state index is 12.1. The molecule has 2 N–H and O–H groups in total. The van der Waals surface area contributed by atoms with Crippen molar-refractivity contribution in [1.82, 2.24) is 5.32 Å². The van der Waals surface area contributed by atoms with E-state index in [0.29, 0.717) is 11.4 Å². The van der Waals surface area contributed by atoms with Gasteiger partial charge in [0.25, 0.3) is 0 Å². The Morgan fingerprint density at radius 1 is 1.40 bits per heavy atom. The summed E-state index contributed by atoms with van der Waals surface area (Å²) in [5.74, 6) is -0.710. The Morgan fingerprint density at radius 3 is 2.80 bits per heavy atom. The summed E-state index contributed by atoms with van der Waals surface area (Å²) in [6, 6.07) is 3.33. The van der Waals surface area contributed by atoms with E-state index < -0.39 is 5.97 Å². The molecular formula is C14H17NO4S. The molecule has 1 aromatic rings. The average Bonchev–Trinajstić information content (AvgIpc) is 2.92. The molecule has 1 aliphatic heterocycles. The summed E-state index contributed by atoms with van der Waals surface area (Å²) in [7, 11) is 0. The summed E-state index contributed by atoms with van der Waals surface area (Å²) < 4.78 is 5.34. The molecule has 1 saturated heterocycles. The zero-order valence-electron chi connectivity index (χ0n) is 11.1. The first kappa shape index (κ1) is 13.6. The number of carbonyl (C=O) groups is 2. The van der Waals surface area contributed by atoms with Crippen LogP contribution < -0.4 is 5.32 Å². The van der Waals surface area contributed by atoms with Gasteiger partial charge in [-0.2, -0.15) is 0 Å². The molecule has 0 bridgehead atoms. The Balaban J connectivity index is 1.51. The van der Waals surface area contributed by atoms with Gasteiger partial charge in [0, 0.05) is 24.0 Å². The molecule has 0 radical (unpaired) electrons. The molecule has 20 heavy (non-hydrogen) atoms. The van der Waals surface area contributed by atoms with Crippen molar-refractivity contribution >= 4 is 23.2 Å². The van der Waals surface area contributed by atoms with Crippen LogP contribution in [0.15, 0.2) is 12.1 Å². The average molecular weight is 295 g/mol. The van der Waals surface area contributed by atoms with Gasteiger partial charge in [-0.1, -0.05) is 0 Å². The molecule has 0 aromatic carbocycles. The monoisotopic (exact) mass is 295 g/mol. The van der Waals surface area contributed by atoms with Gasteiger partial charge in [-0.3, -0.25) is 4.79 Å². The molecule has 108 valence electrons. The van der Waals surface area contributed by atoms with E-state index in [0.717, 1.165) is 37.4 Å². The fourth-order valence-electron chi connectivity index (χ4n) is 2.93. The highest BCUT2D eigenvalue weighted by Gasteiger charge is 2.57. The van der Waals surface area contributed by atoms with Gasteiger partial charge >= 0.3 is 5.97 Å². The summed E-state index contributed by atoms with van der Waals surface area (Å²) in [5.41, 5.74) is 0.185. The second-order valence-electron chi connectivity index (χ2n) is 5.52. The van der Waals surface area contributed by atoms with E-state index in [-0.39, 0.29) is 17.2 Å². The Hall–Kier alpha value is -1.40. The van der Waals surface area contributed by atoms with Crippen LogP contribution >= 0.6 is 11.3 Å². The topological polar surface area (TPSA) is 75.6 Å². The Morgan fingerprint density at radius 2 is 2.15 bits per heavy atom. The highest BCUT2D eigenvalue weighted by atomic mass is 32.1. The van der Waals surface area contributed by atoms with Crippen molar-refractivity contribution in [1.29, 1.82) is 0 Å². The number of carbonyl (C=O) groups excluding carboxylic acids is 1. The minimum Gasteiger partial charge on any atom is -0.477 e. The van der Waals surface area contributed by atoms with Gasteiger partial charge in [0.15, 0.2) is 0 Å². The predicted molar refractivity (Wildman–Crippen MR) is 73.7 cm³/mol. The number of amides is 1. The number of nitrogens with one attached hydrogen (secondary N) is 1. The molecule has 1 saturated carbocycles. The molecule has 2 aliphatic rings. The van der Waals surface area contributed by atoms with E-state index in [9.17, 15) is 9.59 Å². The van der Waals surface area contributed by atoms with Gasteiger partial charge in [0.1, 0.15) is 4.88 Å². The largest absolute Gasteiger partial charge is 0.477 e. The third kappa shape index (κ3) is 2.58. The van der Waals surface area contributed by atoms with Crippen molar-refractivity contribution in [3.05, 3.63) is 21.9 Å². The summed E-state index contributed by atoms with van der Waals surface area (Å²) in [5, 5.41) is 11.8. The lowest BCUT2D eigenvalue weighted by Crippen LogP contribution is -2.29. The van der Waals surface area contributed by atoms with E-state index in [2.05, 4.69) is 5.32 Å². The van der Waals surface area contributed by atoms with Crippen LogP contribution in [-0.2, 0) is 16.1 Å². The summed E-state index contributed by atoms with van der Waals surface area (Å²) in [4.78, 5) is 24.1. The molecule has 3 rings (SSSR count). The summed E-state index contributed by atoms with van der Waals surface area (Å²) in [6.07, 6.45) is 2.92. The number of hydrogen-bond acceptors (Lipinski definition) is 4. The van der Waals surface area contributed by atoms with E-state index >= 15 is 0 Å². The smallest absolute Gasteiger partial charge is 0.345 e. The third-order valence-electron chi connectivity index (χ3n) is 4.30. The van der Waals surface area contributed by atoms with Crippen molar-refractivity contribution in [2.24, 2.45) is 11.3 Å². The van der Waals surface area contributed by atoms with Crippen molar-refractivity contribution < 1.29 is 19.4 Å². The quantitative estimate of drug-likeness (QED) is 0.889. The maximum Gasteiger partial charge on any atom is 0.345 e. The predicted octanol–water partition coefficient (Wildman–Crippen LogP) is 1.88. The first-order chi connectivity index (χ1) is 9.61. The van der Waals surface area contributed by atoms with E-state index in [4.69, 9.17) is 9.84 Å². The van der Waals surface area contributed by atoms with Gasteiger partial charge in [-0.15, -0.1) is 11.3 Å². The standard InChI is InChI=1S/C14H17NO4S/c16-12(10-7-14(10)3-5-19-6-4-14)15-8-9-1-2-11(20-9)13(17)18/h1-2,10H,3-8H2,(H,15,16)(H,17,18). The molecule has 1 spiro atoms. The molecule has 2 fully saturated rings. The molecule has 5 nitrogen and oxygen atoms in total. The number of carboxylic acids is 1. The van der Waals surface area contributed by atoms with Gasteiger partial charge in [-0.25, -0.2) is 4.79 Å². The molecule has 1 atom stereocenters. The van der Waals surface area contributed by atoms with Crippen LogP contribution in [-0.4, -0.2) is 30.2 Å². The van der Waals surface area contributed by atoms with Gasteiger partial charge in [0.2, 0.25) is 5.91 Å². The van der Waals surface area contributed by atoms with Crippen LogP contribution in [0.3, 0.4) is 0 Å². The Labute approximate surface area is 120 Å².